The summed E-state index contributed by atoms with van der Waals surface area (Å²) < 4.78 is 0. The number of aryl methyl sites for hydroxylation is 1. The van der Waals surface area contributed by atoms with E-state index in [0.717, 1.165) is 22.5 Å². The minimum atomic E-state index is -0.0387. The zero-order valence-electron chi connectivity index (χ0n) is 11.9. The van der Waals surface area contributed by atoms with Gasteiger partial charge >= 0.3 is 0 Å². The summed E-state index contributed by atoms with van der Waals surface area (Å²) in [5.74, 6) is 0.448. The van der Waals surface area contributed by atoms with Crippen LogP contribution in [0.1, 0.15) is 24.5 Å². The Hall–Kier alpha value is -2.37. The summed E-state index contributed by atoms with van der Waals surface area (Å²) in [6.07, 6.45) is 0.466. The fourth-order valence-electron chi connectivity index (χ4n) is 2.16. The molecule has 6 heteroatoms. The standard InChI is InChI=1S/C14H19N5O/c1-8-6-10(4-5-11(8)17-14(15)16-3)13-9(2)7-12(20)18-19-13/h4-6,9H,7H2,1-3H3,(H,18,20)(H3,15,16,17). The summed E-state index contributed by atoms with van der Waals surface area (Å²) >= 11 is 0. The largest absolute Gasteiger partial charge is 0.370 e. The number of carbonyl (C=O) groups is 1. The molecule has 0 aromatic heterocycles. The molecule has 4 N–H and O–H groups in total. The Morgan fingerprint density at radius 2 is 2.30 bits per heavy atom. The molecule has 1 amide bonds. The van der Waals surface area contributed by atoms with Crippen LogP contribution in [0.25, 0.3) is 0 Å². The molecule has 20 heavy (non-hydrogen) atoms. The number of aliphatic imine (C=N–C) groups is 1. The predicted molar refractivity (Wildman–Crippen MR) is 80.8 cm³/mol. The highest BCUT2D eigenvalue weighted by molar-refractivity contribution is 6.06. The van der Waals surface area contributed by atoms with E-state index in [1.807, 2.05) is 32.0 Å². The smallest absolute Gasteiger partial charge is 0.240 e. The molecule has 1 aromatic rings. The van der Waals surface area contributed by atoms with Crippen LogP contribution in [0, 0.1) is 12.8 Å². The van der Waals surface area contributed by atoms with Crippen molar-refractivity contribution in [3.63, 3.8) is 0 Å². The van der Waals surface area contributed by atoms with Gasteiger partial charge in [0.25, 0.3) is 0 Å². The van der Waals surface area contributed by atoms with Crippen LogP contribution >= 0.6 is 0 Å². The number of guanidine groups is 1. The fourth-order valence-corrected chi connectivity index (χ4v) is 2.16. The summed E-state index contributed by atoms with van der Waals surface area (Å²) in [5, 5.41) is 7.18. The van der Waals surface area contributed by atoms with Crippen LogP contribution in [-0.2, 0) is 4.79 Å². The SMILES string of the molecule is CN=C(N)Nc1ccc(C2=NNC(=O)CC2C)cc1C. The molecular weight excluding hydrogens is 254 g/mol. The van der Waals surface area contributed by atoms with Crippen molar-refractivity contribution in [2.75, 3.05) is 12.4 Å². The number of hydrogen-bond acceptors (Lipinski definition) is 3. The molecule has 0 fully saturated rings. The summed E-state index contributed by atoms with van der Waals surface area (Å²) in [6.45, 7) is 3.99. The minimum absolute atomic E-state index is 0.0387. The predicted octanol–water partition coefficient (Wildman–Crippen LogP) is 1.21. The first-order valence-electron chi connectivity index (χ1n) is 6.48. The van der Waals surface area contributed by atoms with Crippen molar-refractivity contribution in [1.29, 1.82) is 0 Å². The number of nitrogens with zero attached hydrogens (tertiary/aromatic N) is 2. The first-order valence-corrected chi connectivity index (χ1v) is 6.48. The van der Waals surface area contributed by atoms with Crippen LogP contribution in [0.2, 0.25) is 0 Å². The molecule has 1 atom stereocenters. The molecule has 2 rings (SSSR count). The van der Waals surface area contributed by atoms with Crippen molar-refractivity contribution in [2.45, 2.75) is 20.3 Å². The molecule has 1 unspecified atom stereocenters. The average Bonchev–Trinajstić information content (AvgIpc) is 2.41. The van der Waals surface area contributed by atoms with Crippen LogP contribution in [0.5, 0.6) is 0 Å². The number of hydrogen-bond donors (Lipinski definition) is 3. The minimum Gasteiger partial charge on any atom is -0.370 e. The van der Waals surface area contributed by atoms with Crippen molar-refractivity contribution in [2.24, 2.45) is 21.7 Å². The van der Waals surface area contributed by atoms with E-state index in [1.54, 1.807) is 7.05 Å². The highest BCUT2D eigenvalue weighted by atomic mass is 16.2. The Kier molecular flexibility index (Phi) is 4.02. The topological polar surface area (TPSA) is 91.9 Å². The Bertz CT molecular complexity index is 591. The molecule has 6 nitrogen and oxygen atoms in total. The Morgan fingerprint density at radius 3 is 2.90 bits per heavy atom. The first kappa shape index (κ1) is 14.0. The van der Waals surface area contributed by atoms with E-state index < -0.39 is 0 Å². The number of amides is 1. The second-order valence-electron chi connectivity index (χ2n) is 4.90. The molecule has 1 aliphatic heterocycles. The van der Waals surface area contributed by atoms with E-state index in [-0.39, 0.29) is 11.8 Å². The summed E-state index contributed by atoms with van der Waals surface area (Å²) in [7, 11) is 1.63. The zero-order valence-corrected chi connectivity index (χ0v) is 11.9. The lowest BCUT2D eigenvalue weighted by Crippen LogP contribution is -2.32. The van der Waals surface area contributed by atoms with Gasteiger partial charge in [-0.3, -0.25) is 9.79 Å². The number of rotatable bonds is 2. The number of nitrogens with one attached hydrogen (secondary N) is 2. The van der Waals surface area contributed by atoms with Gasteiger partial charge in [0.1, 0.15) is 0 Å². The van der Waals surface area contributed by atoms with Gasteiger partial charge in [-0.1, -0.05) is 13.0 Å². The Labute approximate surface area is 118 Å². The average molecular weight is 273 g/mol. The van der Waals surface area contributed by atoms with Crippen LogP contribution in [0.3, 0.4) is 0 Å². The Morgan fingerprint density at radius 1 is 1.55 bits per heavy atom. The van der Waals surface area contributed by atoms with Crippen molar-refractivity contribution in [3.05, 3.63) is 29.3 Å². The van der Waals surface area contributed by atoms with Gasteiger partial charge in [0.2, 0.25) is 5.91 Å². The lowest BCUT2D eigenvalue weighted by Gasteiger charge is -2.20. The van der Waals surface area contributed by atoms with Gasteiger partial charge < -0.3 is 11.1 Å². The number of anilines is 1. The third-order valence-electron chi connectivity index (χ3n) is 3.29. The van der Waals surface area contributed by atoms with Crippen LogP contribution in [0.4, 0.5) is 5.69 Å². The quantitative estimate of drug-likeness (QED) is 0.558. The van der Waals surface area contributed by atoms with Gasteiger partial charge in [0, 0.05) is 25.1 Å². The monoisotopic (exact) mass is 273 g/mol. The normalized spacial score (nSPS) is 19.4. The Balaban J connectivity index is 2.27. The summed E-state index contributed by atoms with van der Waals surface area (Å²) in [4.78, 5) is 15.1. The molecule has 1 heterocycles. The molecule has 0 saturated heterocycles. The molecule has 106 valence electrons. The maximum absolute atomic E-state index is 11.3. The van der Waals surface area contributed by atoms with Crippen molar-refractivity contribution >= 4 is 23.3 Å². The van der Waals surface area contributed by atoms with Crippen molar-refractivity contribution in [1.82, 2.24) is 5.43 Å². The third-order valence-corrected chi connectivity index (χ3v) is 3.29. The maximum atomic E-state index is 11.3. The lowest BCUT2D eigenvalue weighted by molar-refractivity contribution is -0.121. The van der Waals surface area contributed by atoms with E-state index in [1.165, 1.54) is 0 Å². The zero-order chi connectivity index (χ0) is 14.7. The van der Waals surface area contributed by atoms with E-state index in [4.69, 9.17) is 5.73 Å². The molecular formula is C14H19N5O. The molecule has 0 aliphatic carbocycles. The number of hydrazone groups is 1. The fraction of sp³-hybridized carbons (Fsp3) is 0.357. The highest BCUT2D eigenvalue weighted by Crippen LogP contribution is 2.21. The molecule has 0 bridgehead atoms. The first-order chi connectivity index (χ1) is 9.51. The second-order valence-corrected chi connectivity index (χ2v) is 4.90. The summed E-state index contributed by atoms with van der Waals surface area (Å²) in [5.41, 5.74) is 12.0. The van der Waals surface area contributed by atoms with Crippen LogP contribution in [-0.4, -0.2) is 24.6 Å². The molecule has 0 saturated carbocycles. The molecule has 0 radical (unpaired) electrons. The van der Waals surface area contributed by atoms with Gasteiger partial charge in [-0.15, -0.1) is 0 Å². The van der Waals surface area contributed by atoms with Gasteiger partial charge in [0.15, 0.2) is 5.96 Å². The van der Waals surface area contributed by atoms with Gasteiger partial charge in [-0.2, -0.15) is 5.10 Å². The summed E-state index contributed by atoms with van der Waals surface area (Å²) in [6, 6.07) is 5.93. The highest BCUT2D eigenvalue weighted by Gasteiger charge is 2.21. The van der Waals surface area contributed by atoms with Crippen molar-refractivity contribution < 1.29 is 4.79 Å². The van der Waals surface area contributed by atoms with Gasteiger partial charge in [0.05, 0.1) is 5.71 Å². The number of carbonyl (C=O) groups excluding carboxylic acids is 1. The van der Waals surface area contributed by atoms with E-state index in [9.17, 15) is 4.79 Å². The van der Waals surface area contributed by atoms with E-state index in [0.29, 0.717) is 12.4 Å². The van der Waals surface area contributed by atoms with Crippen LogP contribution < -0.4 is 16.5 Å². The van der Waals surface area contributed by atoms with E-state index in [2.05, 4.69) is 20.8 Å². The molecule has 1 aromatic carbocycles. The maximum Gasteiger partial charge on any atom is 0.240 e. The van der Waals surface area contributed by atoms with E-state index >= 15 is 0 Å². The lowest BCUT2D eigenvalue weighted by atomic mass is 9.93. The number of nitrogens with two attached hydrogens (primary N) is 1. The van der Waals surface area contributed by atoms with Crippen LogP contribution in [0.15, 0.2) is 28.3 Å². The van der Waals surface area contributed by atoms with Crippen molar-refractivity contribution in [3.8, 4) is 0 Å². The molecule has 0 spiro atoms. The van der Waals surface area contributed by atoms with Gasteiger partial charge in [-0.25, -0.2) is 5.43 Å². The van der Waals surface area contributed by atoms with Gasteiger partial charge in [-0.05, 0) is 30.2 Å². The third kappa shape index (κ3) is 2.96. The second kappa shape index (κ2) is 5.73. The molecule has 1 aliphatic rings. The number of benzene rings is 1.